The second-order valence-corrected chi connectivity index (χ2v) is 6.68. The molecule has 180 valence electrons. The molecule has 17 heteroatoms. The summed E-state index contributed by atoms with van der Waals surface area (Å²) in [6.45, 7) is 0. The number of anilines is 2. The van der Waals surface area contributed by atoms with E-state index < -0.39 is 57.5 Å². The van der Waals surface area contributed by atoms with Crippen LogP contribution in [0.4, 0.5) is 38.0 Å². The molecule has 0 aliphatic carbocycles. The number of nitrogens with one attached hydrogen (secondary N) is 2. The number of pyridine rings is 1. The van der Waals surface area contributed by atoms with Crippen LogP contribution in [0.5, 0.6) is 5.75 Å². The molecule has 2 aromatic heterocycles. The highest BCUT2D eigenvalue weighted by atomic mass is 35.5. The Morgan fingerprint density at radius 2 is 1.71 bits per heavy atom. The van der Waals surface area contributed by atoms with Crippen LogP contribution in [0.3, 0.4) is 0 Å². The van der Waals surface area contributed by atoms with Crippen LogP contribution < -0.4 is 15.4 Å². The van der Waals surface area contributed by atoms with Crippen molar-refractivity contribution in [3.05, 3.63) is 52.3 Å². The molecule has 0 saturated carbocycles. The molecule has 0 spiro atoms. The molecule has 2 amide bonds. The second kappa shape index (κ2) is 9.12. The highest BCUT2D eigenvalue weighted by Gasteiger charge is 2.37. The Balaban J connectivity index is 2.03. The highest BCUT2D eigenvalue weighted by molar-refractivity contribution is 6.38. The monoisotopic (exact) mass is 509 g/mol. The van der Waals surface area contributed by atoms with E-state index in [1.165, 1.54) is 7.05 Å². The van der Waals surface area contributed by atoms with Gasteiger partial charge in [0.25, 0.3) is 11.8 Å². The van der Waals surface area contributed by atoms with Gasteiger partial charge in [-0.2, -0.15) is 13.2 Å². The number of aromatic nitrogens is 5. The van der Waals surface area contributed by atoms with E-state index in [0.29, 0.717) is 18.3 Å². The van der Waals surface area contributed by atoms with E-state index in [0.717, 1.165) is 16.9 Å². The molecule has 0 aliphatic heterocycles. The van der Waals surface area contributed by atoms with Crippen molar-refractivity contribution in [1.82, 2.24) is 25.2 Å². The lowest BCUT2D eigenvalue weighted by molar-refractivity contribution is -0.274. The minimum atomic E-state index is -5.26. The van der Waals surface area contributed by atoms with Gasteiger partial charge in [0.2, 0.25) is 5.95 Å². The van der Waals surface area contributed by atoms with Crippen LogP contribution in [-0.4, -0.2) is 43.4 Å². The first-order valence-corrected chi connectivity index (χ1v) is 9.10. The smallest absolute Gasteiger partial charge is 0.404 e. The summed E-state index contributed by atoms with van der Waals surface area (Å²) in [5, 5.41) is 13.6. The molecule has 0 fully saturated rings. The lowest BCUT2D eigenvalue weighted by Crippen LogP contribution is -2.23. The molecule has 0 saturated heterocycles. The topological polar surface area (TPSA) is 124 Å². The molecule has 0 unspecified atom stereocenters. The normalized spacial score (nSPS) is 11.8. The van der Waals surface area contributed by atoms with Crippen LogP contribution in [0.2, 0.25) is 5.02 Å². The van der Waals surface area contributed by atoms with Gasteiger partial charge in [0.05, 0.1) is 21.7 Å². The number of rotatable bonds is 5. The van der Waals surface area contributed by atoms with Crippen LogP contribution >= 0.6 is 11.6 Å². The molecular weight excluding hydrogens is 500 g/mol. The summed E-state index contributed by atoms with van der Waals surface area (Å²) in [5.41, 5.74) is -3.79. The predicted molar refractivity (Wildman–Crippen MR) is 102 cm³/mol. The first kappa shape index (κ1) is 24.7. The zero-order chi connectivity index (χ0) is 25.3. The molecule has 3 rings (SSSR count). The zero-order valence-electron chi connectivity index (χ0n) is 16.5. The SMILES string of the molecule is Cn1nnnc1NC(=O)c1ccc(OC(F)(F)F)c(NC(=O)c2ccncc2C(F)(F)F)c1Cl. The Bertz CT molecular complexity index is 1250. The largest absolute Gasteiger partial charge is 0.573 e. The number of halogens is 7. The number of alkyl halides is 6. The van der Waals surface area contributed by atoms with Gasteiger partial charge in [0.1, 0.15) is 5.69 Å². The van der Waals surface area contributed by atoms with E-state index in [-0.39, 0.29) is 5.95 Å². The molecule has 1 aromatic carbocycles. The number of hydrogen-bond acceptors (Lipinski definition) is 7. The molecule has 0 atom stereocenters. The fraction of sp³-hybridized carbons (Fsp3) is 0.176. The van der Waals surface area contributed by atoms with E-state index >= 15 is 0 Å². The van der Waals surface area contributed by atoms with E-state index in [2.05, 4.69) is 30.6 Å². The van der Waals surface area contributed by atoms with Gasteiger partial charge < -0.3 is 10.1 Å². The number of carbonyl (C=O) groups is 2. The Hall–Kier alpha value is -3.95. The maximum absolute atomic E-state index is 13.2. The van der Waals surface area contributed by atoms with E-state index in [1.807, 2.05) is 5.32 Å². The number of hydrogen-bond donors (Lipinski definition) is 2. The summed E-state index contributed by atoms with van der Waals surface area (Å²) in [6, 6.07) is 2.19. The molecule has 2 N–H and O–H groups in total. The molecule has 34 heavy (non-hydrogen) atoms. The van der Waals surface area contributed by atoms with Gasteiger partial charge in [-0.05, 0) is 28.6 Å². The maximum atomic E-state index is 13.2. The number of nitrogens with zero attached hydrogens (tertiary/aromatic N) is 5. The third kappa shape index (κ3) is 5.51. The summed E-state index contributed by atoms with van der Waals surface area (Å²) in [4.78, 5) is 28.4. The van der Waals surface area contributed by atoms with Crippen molar-refractivity contribution in [2.24, 2.45) is 7.05 Å². The summed E-state index contributed by atoms with van der Waals surface area (Å²) in [6.07, 6.45) is -9.02. The predicted octanol–water partition coefficient (Wildman–Crippen LogP) is 3.68. The molecule has 0 bridgehead atoms. The average Bonchev–Trinajstić information content (AvgIpc) is 3.13. The number of aryl methyl sites for hydroxylation is 1. The average molecular weight is 510 g/mol. The lowest BCUT2D eigenvalue weighted by atomic mass is 10.1. The van der Waals surface area contributed by atoms with Crippen LogP contribution in [0, 0.1) is 0 Å². The Labute approximate surface area is 189 Å². The first-order chi connectivity index (χ1) is 15.8. The quantitative estimate of drug-likeness (QED) is 0.503. The third-order valence-electron chi connectivity index (χ3n) is 4.03. The number of benzene rings is 1. The highest BCUT2D eigenvalue weighted by Crippen LogP contribution is 2.39. The van der Waals surface area contributed by atoms with Gasteiger partial charge in [-0.15, -0.1) is 13.2 Å². The maximum Gasteiger partial charge on any atom is 0.573 e. The van der Waals surface area contributed by atoms with Crippen LogP contribution in [0.25, 0.3) is 0 Å². The van der Waals surface area contributed by atoms with E-state index in [9.17, 15) is 35.9 Å². The van der Waals surface area contributed by atoms with Crippen LogP contribution in [0.1, 0.15) is 26.3 Å². The molecule has 2 heterocycles. The lowest BCUT2D eigenvalue weighted by Gasteiger charge is -2.18. The number of tetrazole rings is 1. The van der Waals surface area contributed by atoms with Crippen molar-refractivity contribution >= 4 is 35.1 Å². The van der Waals surface area contributed by atoms with Gasteiger partial charge >= 0.3 is 12.5 Å². The Morgan fingerprint density at radius 1 is 1.03 bits per heavy atom. The van der Waals surface area contributed by atoms with Gasteiger partial charge in [-0.1, -0.05) is 16.7 Å². The van der Waals surface area contributed by atoms with Crippen molar-refractivity contribution in [2.45, 2.75) is 12.5 Å². The van der Waals surface area contributed by atoms with Crippen molar-refractivity contribution < 1.29 is 40.7 Å². The molecular formula is C17H10ClF6N7O3. The minimum absolute atomic E-state index is 0.158. The van der Waals surface area contributed by atoms with E-state index in [4.69, 9.17) is 11.6 Å². The standard InChI is InChI=1S/C17H10ClF6N7O3/c1-31-15(28-29-30-31)27-14(33)8-2-3-10(34-17(22,23)24)12(11(8)18)26-13(32)7-4-5-25-6-9(7)16(19,20)21/h2-6H,1H3,(H,26,32)(H,27,28,30,33). The van der Waals surface area contributed by atoms with Crippen molar-refractivity contribution in [2.75, 3.05) is 10.6 Å². The molecule has 0 aliphatic rings. The Kier molecular flexibility index (Phi) is 6.63. The van der Waals surface area contributed by atoms with Gasteiger partial charge in [0.15, 0.2) is 5.75 Å². The third-order valence-corrected chi connectivity index (χ3v) is 4.42. The molecule has 10 nitrogen and oxygen atoms in total. The first-order valence-electron chi connectivity index (χ1n) is 8.72. The fourth-order valence-corrected chi connectivity index (χ4v) is 2.85. The number of amides is 2. The van der Waals surface area contributed by atoms with Crippen LogP contribution in [-0.2, 0) is 13.2 Å². The Morgan fingerprint density at radius 3 is 2.29 bits per heavy atom. The summed E-state index contributed by atoms with van der Waals surface area (Å²) >= 11 is 6.06. The van der Waals surface area contributed by atoms with Crippen molar-refractivity contribution in [3.8, 4) is 5.75 Å². The fourth-order valence-electron chi connectivity index (χ4n) is 2.56. The van der Waals surface area contributed by atoms with Gasteiger partial charge in [-0.3, -0.25) is 19.9 Å². The summed E-state index contributed by atoms with van der Waals surface area (Å²) in [7, 11) is 1.37. The summed E-state index contributed by atoms with van der Waals surface area (Å²) in [5.74, 6) is -3.73. The van der Waals surface area contributed by atoms with E-state index in [1.54, 1.807) is 0 Å². The van der Waals surface area contributed by atoms with Crippen molar-refractivity contribution in [3.63, 3.8) is 0 Å². The molecule has 0 radical (unpaired) electrons. The summed E-state index contributed by atoms with van der Waals surface area (Å²) < 4.78 is 83.1. The number of carbonyl (C=O) groups excluding carboxylic acids is 2. The second-order valence-electron chi connectivity index (χ2n) is 6.30. The van der Waals surface area contributed by atoms with Crippen LogP contribution in [0.15, 0.2) is 30.6 Å². The van der Waals surface area contributed by atoms with Gasteiger partial charge in [0, 0.05) is 19.4 Å². The van der Waals surface area contributed by atoms with Crippen molar-refractivity contribution in [1.29, 1.82) is 0 Å². The van der Waals surface area contributed by atoms with Gasteiger partial charge in [-0.25, -0.2) is 4.68 Å². The molecule has 3 aromatic rings. The zero-order valence-corrected chi connectivity index (χ0v) is 17.2. The minimum Gasteiger partial charge on any atom is -0.404 e. The number of ether oxygens (including phenoxy) is 1.